The monoisotopic (exact) mass is 249 g/mol. The normalized spacial score (nSPS) is 13.1. The van der Waals surface area contributed by atoms with Gasteiger partial charge < -0.3 is 10.0 Å². The molecule has 0 aliphatic heterocycles. The zero-order valence-corrected chi connectivity index (χ0v) is 12.4. The van der Waals surface area contributed by atoms with Crippen LogP contribution in [0, 0.1) is 5.92 Å². The van der Waals surface area contributed by atoms with Gasteiger partial charge in [-0.1, -0.05) is 39.0 Å². The summed E-state index contributed by atoms with van der Waals surface area (Å²) in [4.78, 5) is 2.39. The molecule has 18 heavy (non-hydrogen) atoms. The van der Waals surface area contributed by atoms with Gasteiger partial charge in [-0.25, -0.2) is 0 Å². The van der Waals surface area contributed by atoms with Gasteiger partial charge >= 0.3 is 0 Å². The Bertz CT molecular complexity index is 360. The molecule has 1 aromatic carbocycles. The number of anilines is 1. The summed E-state index contributed by atoms with van der Waals surface area (Å²) < 4.78 is 0. The fraction of sp³-hybridized carbons (Fsp3) is 0.625. The maximum Gasteiger partial charge on any atom is 0.0807 e. The fourth-order valence-corrected chi connectivity index (χ4v) is 2.23. The van der Waals surface area contributed by atoms with Gasteiger partial charge in [0.1, 0.15) is 0 Å². The zero-order valence-electron chi connectivity index (χ0n) is 12.4. The third-order valence-electron chi connectivity index (χ3n) is 3.18. The summed E-state index contributed by atoms with van der Waals surface area (Å²) >= 11 is 0. The molecule has 0 fully saturated rings. The molecule has 0 bridgehead atoms. The lowest BCUT2D eigenvalue weighted by Crippen LogP contribution is -2.35. The standard InChI is InChI=1S/C16H27NO/c1-6-16(18)14-9-7-8-10-15(14)17(13(4)5)11-12(2)3/h7-10,12-13,16,18H,6,11H2,1-5H3. The second-order valence-electron chi connectivity index (χ2n) is 5.62. The van der Waals surface area contributed by atoms with E-state index < -0.39 is 0 Å². The number of nitrogens with zero attached hydrogens (tertiary/aromatic N) is 1. The van der Waals surface area contributed by atoms with Crippen LogP contribution in [-0.4, -0.2) is 17.7 Å². The number of hydrogen-bond acceptors (Lipinski definition) is 2. The first-order valence-corrected chi connectivity index (χ1v) is 7.01. The smallest absolute Gasteiger partial charge is 0.0807 e. The number of aliphatic hydroxyl groups is 1. The Hall–Kier alpha value is -1.02. The van der Waals surface area contributed by atoms with E-state index in [1.54, 1.807) is 0 Å². The summed E-state index contributed by atoms with van der Waals surface area (Å²) in [6.07, 6.45) is 0.388. The molecule has 0 heterocycles. The van der Waals surface area contributed by atoms with Crippen LogP contribution in [0.2, 0.25) is 0 Å². The molecule has 2 nitrogen and oxygen atoms in total. The molecule has 1 rings (SSSR count). The largest absolute Gasteiger partial charge is 0.388 e. The molecule has 0 saturated heterocycles. The van der Waals surface area contributed by atoms with Crippen molar-refractivity contribution < 1.29 is 5.11 Å². The van der Waals surface area contributed by atoms with Crippen molar-refractivity contribution in [1.82, 2.24) is 0 Å². The lowest BCUT2D eigenvalue weighted by Gasteiger charge is -2.33. The molecule has 0 aromatic heterocycles. The summed E-state index contributed by atoms with van der Waals surface area (Å²) in [5.74, 6) is 0.610. The van der Waals surface area contributed by atoms with Crippen LogP contribution in [0.25, 0.3) is 0 Å². The van der Waals surface area contributed by atoms with Gasteiger partial charge in [0.25, 0.3) is 0 Å². The van der Waals surface area contributed by atoms with Crippen molar-refractivity contribution in [3.8, 4) is 0 Å². The summed E-state index contributed by atoms with van der Waals surface area (Å²) in [5, 5.41) is 10.1. The van der Waals surface area contributed by atoms with Crippen LogP contribution in [-0.2, 0) is 0 Å². The lowest BCUT2D eigenvalue weighted by atomic mass is 10.0. The van der Waals surface area contributed by atoms with E-state index in [0.717, 1.165) is 18.5 Å². The minimum Gasteiger partial charge on any atom is -0.388 e. The molecule has 0 amide bonds. The van der Waals surface area contributed by atoms with E-state index in [2.05, 4.69) is 44.7 Å². The first kappa shape index (κ1) is 15.0. The molecule has 102 valence electrons. The van der Waals surface area contributed by atoms with Gasteiger partial charge in [-0.2, -0.15) is 0 Å². The van der Waals surface area contributed by atoms with Crippen LogP contribution in [0.5, 0.6) is 0 Å². The van der Waals surface area contributed by atoms with Crippen LogP contribution in [0.4, 0.5) is 5.69 Å². The lowest BCUT2D eigenvalue weighted by molar-refractivity contribution is 0.174. The van der Waals surface area contributed by atoms with E-state index in [1.807, 2.05) is 19.1 Å². The van der Waals surface area contributed by atoms with E-state index >= 15 is 0 Å². The molecule has 2 heteroatoms. The van der Waals surface area contributed by atoms with Crippen molar-refractivity contribution in [3.63, 3.8) is 0 Å². The van der Waals surface area contributed by atoms with Gasteiger partial charge in [0.2, 0.25) is 0 Å². The minimum atomic E-state index is -0.366. The number of aliphatic hydroxyl groups excluding tert-OH is 1. The highest BCUT2D eigenvalue weighted by molar-refractivity contribution is 5.55. The van der Waals surface area contributed by atoms with Gasteiger partial charge in [-0.05, 0) is 32.3 Å². The Balaban J connectivity index is 3.11. The second-order valence-corrected chi connectivity index (χ2v) is 5.62. The first-order chi connectivity index (χ1) is 8.47. The van der Waals surface area contributed by atoms with Gasteiger partial charge in [0.15, 0.2) is 0 Å². The molecule has 1 N–H and O–H groups in total. The molecule has 1 atom stereocenters. The summed E-state index contributed by atoms with van der Waals surface area (Å²) in [7, 11) is 0. The fourth-order valence-electron chi connectivity index (χ4n) is 2.23. The maximum absolute atomic E-state index is 10.1. The molecule has 1 unspecified atom stereocenters. The van der Waals surface area contributed by atoms with Crippen molar-refractivity contribution in [3.05, 3.63) is 29.8 Å². The van der Waals surface area contributed by atoms with Gasteiger partial charge in [0.05, 0.1) is 6.10 Å². The van der Waals surface area contributed by atoms with Crippen LogP contribution < -0.4 is 4.90 Å². The topological polar surface area (TPSA) is 23.5 Å². The highest BCUT2D eigenvalue weighted by Gasteiger charge is 2.18. The Morgan fingerprint density at radius 3 is 2.22 bits per heavy atom. The van der Waals surface area contributed by atoms with Crippen LogP contribution in [0.15, 0.2) is 24.3 Å². The van der Waals surface area contributed by atoms with E-state index in [-0.39, 0.29) is 6.10 Å². The maximum atomic E-state index is 10.1. The minimum absolute atomic E-state index is 0.366. The van der Waals surface area contributed by atoms with Gasteiger partial charge in [-0.3, -0.25) is 0 Å². The SMILES string of the molecule is CCC(O)c1ccccc1N(CC(C)C)C(C)C. The summed E-state index contributed by atoms with van der Waals surface area (Å²) in [6.45, 7) is 11.9. The quantitative estimate of drug-likeness (QED) is 0.823. The number of para-hydroxylation sites is 1. The number of benzene rings is 1. The summed E-state index contributed by atoms with van der Waals surface area (Å²) in [5.41, 5.74) is 2.23. The van der Waals surface area contributed by atoms with Crippen molar-refractivity contribution in [1.29, 1.82) is 0 Å². The van der Waals surface area contributed by atoms with Gasteiger partial charge in [-0.15, -0.1) is 0 Å². The molecule has 0 aliphatic rings. The van der Waals surface area contributed by atoms with Crippen molar-refractivity contribution in [2.24, 2.45) is 5.92 Å². The molecule has 1 aromatic rings. The van der Waals surface area contributed by atoms with Crippen LogP contribution in [0.1, 0.15) is 52.7 Å². The van der Waals surface area contributed by atoms with Crippen LogP contribution in [0.3, 0.4) is 0 Å². The number of hydrogen-bond donors (Lipinski definition) is 1. The highest BCUT2D eigenvalue weighted by atomic mass is 16.3. The van der Waals surface area contributed by atoms with Crippen LogP contribution >= 0.6 is 0 Å². The molecular formula is C16H27NO. The van der Waals surface area contributed by atoms with Gasteiger partial charge in [0, 0.05) is 23.8 Å². The van der Waals surface area contributed by atoms with E-state index in [9.17, 15) is 5.11 Å². The second kappa shape index (κ2) is 6.79. The predicted octanol–water partition coefficient (Wildman–Crippen LogP) is 4.00. The molecule has 0 saturated carbocycles. The zero-order chi connectivity index (χ0) is 13.7. The molecule has 0 aliphatic carbocycles. The Kier molecular flexibility index (Phi) is 5.67. The number of rotatable bonds is 6. The molecule has 0 radical (unpaired) electrons. The average Bonchev–Trinajstić information content (AvgIpc) is 2.34. The van der Waals surface area contributed by atoms with E-state index in [0.29, 0.717) is 12.0 Å². The third-order valence-corrected chi connectivity index (χ3v) is 3.18. The Labute approximate surface area is 112 Å². The predicted molar refractivity (Wildman–Crippen MR) is 79.0 cm³/mol. The van der Waals surface area contributed by atoms with E-state index in [1.165, 1.54) is 5.69 Å². The van der Waals surface area contributed by atoms with E-state index in [4.69, 9.17) is 0 Å². The molecular weight excluding hydrogens is 222 g/mol. The Morgan fingerprint density at radius 2 is 1.72 bits per heavy atom. The average molecular weight is 249 g/mol. The van der Waals surface area contributed by atoms with Crippen molar-refractivity contribution in [2.45, 2.75) is 53.2 Å². The highest BCUT2D eigenvalue weighted by Crippen LogP contribution is 2.29. The van der Waals surface area contributed by atoms with Crippen molar-refractivity contribution in [2.75, 3.05) is 11.4 Å². The summed E-state index contributed by atoms with van der Waals surface area (Å²) in [6, 6.07) is 8.66. The van der Waals surface area contributed by atoms with Crippen molar-refractivity contribution >= 4 is 5.69 Å². The first-order valence-electron chi connectivity index (χ1n) is 7.01. The third kappa shape index (κ3) is 3.74. The Morgan fingerprint density at radius 1 is 1.11 bits per heavy atom. The molecule has 0 spiro atoms.